The molecular weight excluding hydrogens is 291 g/mol. The van der Waals surface area contributed by atoms with Crippen LogP contribution in [0.3, 0.4) is 0 Å². The van der Waals surface area contributed by atoms with Gasteiger partial charge in [-0.15, -0.1) is 0 Å². The number of aryl methyl sites for hydroxylation is 1. The highest BCUT2D eigenvalue weighted by molar-refractivity contribution is 5.57. The lowest BCUT2D eigenvalue weighted by atomic mass is 10.1. The first-order valence-corrected chi connectivity index (χ1v) is 8.36. The number of piperidine rings is 1. The molecule has 1 aromatic heterocycles. The Bertz CT molecular complexity index is 636. The van der Waals surface area contributed by atoms with Crippen molar-refractivity contribution >= 4 is 5.82 Å². The number of anilines is 1. The molecule has 0 atom stereocenters. The summed E-state index contributed by atoms with van der Waals surface area (Å²) in [5.74, 6) is 1.29. The second-order valence-electron chi connectivity index (χ2n) is 5.99. The second-order valence-corrected chi connectivity index (χ2v) is 5.99. The lowest BCUT2D eigenvalue weighted by molar-refractivity contribution is 0.478. The van der Waals surface area contributed by atoms with Crippen LogP contribution in [-0.4, -0.2) is 29.1 Å². The molecule has 122 valence electrons. The topological polar surface area (TPSA) is 49.8 Å². The SMILES string of the molecule is CCCc1cc(NC2CCNCC2)nc(-c2ccc(F)cc2)n1. The molecule has 0 saturated carbocycles. The van der Waals surface area contributed by atoms with E-state index in [1.165, 1.54) is 12.1 Å². The molecule has 1 aliphatic heterocycles. The molecule has 1 fully saturated rings. The summed E-state index contributed by atoms with van der Waals surface area (Å²) in [5.41, 5.74) is 1.87. The van der Waals surface area contributed by atoms with Crippen LogP contribution in [0.15, 0.2) is 30.3 Å². The van der Waals surface area contributed by atoms with E-state index in [-0.39, 0.29) is 5.82 Å². The van der Waals surface area contributed by atoms with Crippen molar-refractivity contribution in [3.8, 4) is 11.4 Å². The Morgan fingerprint density at radius 3 is 2.61 bits per heavy atom. The zero-order valence-electron chi connectivity index (χ0n) is 13.5. The highest BCUT2D eigenvalue weighted by atomic mass is 19.1. The van der Waals surface area contributed by atoms with Crippen molar-refractivity contribution in [2.24, 2.45) is 0 Å². The smallest absolute Gasteiger partial charge is 0.161 e. The van der Waals surface area contributed by atoms with Gasteiger partial charge < -0.3 is 10.6 Å². The quantitative estimate of drug-likeness (QED) is 0.888. The first-order valence-electron chi connectivity index (χ1n) is 8.36. The number of hydrogen-bond acceptors (Lipinski definition) is 4. The summed E-state index contributed by atoms with van der Waals surface area (Å²) in [6, 6.07) is 8.85. The van der Waals surface area contributed by atoms with Crippen LogP contribution in [0.2, 0.25) is 0 Å². The van der Waals surface area contributed by atoms with Gasteiger partial charge in [0, 0.05) is 23.4 Å². The molecule has 2 aromatic rings. The highest BCUT2D eigenvalue weighted by Gasteiger charge is 2.14. The molecule has 2 heterocycles. The summed E-state index contributed by atoms with van der Waals surface area (Å²) in [7, 11) is 0. The molecule has 0 bridgehead atoms. The Balaban J connectivity index is 1.87. The molecule has 2 N–H and O–H groups in total. The zero-order valence-corrected chi connectivity index (χ0v) is 13.5. The third kappa shape index (κ3) is 4.26. The van der Waals surface area contributed by atoms with Gasteiger partial charge in [0.2, 0.25) is 0 Å². The van der Waals surface area contributed by atoms with Crippen LogP contribution < -0.4 is 10.6 Å². The van der Waals surface area contributed by atoms with E-state index >= 15 is 0 Å². The van der Waals surface area contributed by atoms with E-state index in [0.29, 0.717) is 11.9 Å². The molecule has 0 amide bonds. The van der Waals surface area contributed by atoms with Crippen molar-refractivity contribution in [3.63, 3.8) is 0 Å². The maximum absolute atomic E-state index is 13.1. The largest absolute Gasteiger partial charge is 0.367 e. The van der Waals surface area contributed by atoms with Crippen LogP contribution in [0, 0.1) is 5.82 Å². The van der Waals surface area contributed by atoms with Gasteiger partial charge in [0.15, 0.2) is 5.82 Å². The van der Waals surface area contributed by atoms with Gasteiger partial charge in [-0.1, -0.05) is 13.3 Å². The Kier molecular flexibility index (Phi) is 5.18. The molecular formula is C18H23FN4. The molecule has 1 aromatic carbocycles. The van der Waals surface area contributed by atoms with E-state index in [9.17, 15) is 4.39 Å². The van der Waals surface area contributed by atoms with Gasteiger partial charge in [-0.05, 0) is 56.6 Å². The van der Waals surface area contributed by atoms with E-state index in [2.05, 4.69) is 27.5 Å². The minimum Gasteiger partial charge on any atom is -0.367 e. The first kappa shape index (κ1) is 15.9. The standard InChI is InChI=1S/C18H23FN4/c1-2-3-16-12-17(21-15-8-10-20-11-9-15)23-18(22-16)13-4-6-14(19)7-5-13/h4-7,12,15,20H,2-3,8-11H2,1H3,(H,21,22,23). The second kappa shape index (κ2) is 7.51. The Labute approximate surface area is 136 Å². The number of halogens is 1. The van der Waals surface area contributed by atoms with Crippen molar-refractivity contribution in [3.05, 3.63) is 41.8 Å². The van der Waals surface area contributed by atoms with Crippen molar-refractivity contribution in [2.75, 3.05) is 18.4 Å². The van der Waals surface area contributed by atoms with Crippen LogP contribution in [0.25, 0.3) is 11.4 Å². The van der Waals surface area contributed by atoms with Crippen molar-refractivity contribution in [2.45, 2.75) is 38.6 Å². The van der Waals surface area contributed by atoms with E-state index in [4.69, 9.17) is 0 Å². The summed E-state index contributed by atoms with van der Waals surface area (Å²) in [6.45, 7) is 4.21. The normalized spacial score (nSPS) is 15.6. The average molecular weight is 314 g/mol. The summed E-state index contributed by atoms with van der Waals surface area (Å²) >= 11 is 0. The fourth-order valence-corrected chi connectivity index (χ4v) is 2.86. The predicted octanol–water partition coefficient (Wildman–Crippen LogP) is 3.40. The van der Waals surface area contributed by atoms with E-state index < -0.39 is 0 Å². The minimum absolute atomic E-state index is 0.244. The molecule has 0 spiro atoms. The van der Waals surface area contributed by atoms with Gasteiger partial charge in [-0.2, -0.15) is 0 Å². The van der Waals surface area contributed by atoms with Gasteiger partial charge >= 0.3 is 0 Å². The number of nitrogens with one attached hydrogen (secondary N) is 2. The van der Waals surface area contributed by atoms with Crippen LogP contribution in [0.5, 0.6) is 0 Å². The molecule has 0 unspecified atom stereocenters. The molecule has 1 aliphatic rings. The number of rotatable bonds is 5. The molecule has 5 heteroatoms. The summed E-state index contributed by atoms with van der Waals surface area (Å²) < 4.78 is 13.1. The monoisotopic (exact) mass is 314 g/mol. The van der Waals surface area contributed by atoms with Gasteiger partial charge in [0.05, 0.1) is 0 Å². The fraction of sp³-hybridized carbons (Fsp3) is 0.444. The number of benzene rings is 1. The van der Waals surface area contributed by atoms with Crippen molar-refractivity contribution in [1.29, 1.82) is 0 Å². The predicted molar refractivity (Wildman–Crippen MR) is 90.9 cm³/mol. The van der Waals surface area contributed by atoms with Gasteiger partial charge in [0.25, 0.3) is 0 Å². The maximum atomic E-state index is 13.1. The Morgan fingerprint density at radius 2 is 1.91 bits per heavy atom. The molecule has 1 saturated heterocycles. The average Bonchev–Trinajstić information content (AvgIpc) is 2.56. The van der Waals surface area contributed by atoms with Crippen LogP contribution in [0.4, 0.5) is 10.2 Å². The summed E-state index contributed by atoms with van der Waals surface area (Å²) in [4.78, 5) is 9.27. The Hall–Kier alpha value is -2.01. The number of nitrogens with zero attached hydrogens (tertiary/aromatic N) is 2. The number of hydrogen-bond donors (Lipinski definition) is 2. The lowest BCUT2D eigenvalue weighted by Crippen LogP contribution is -2.35. The molecule has 4 nitrogen and oxygen atoms in total. The van der Waals surface area contributed by atoms with Gasteiger partial charge in [-0.3, -0.25) is 0 Å². The van der Waals surface area contributed by atoms with Crippen molar-refractivity contribution in [1.82, 2.24) is 15.3 Å². The first-order chi connectivity index (χ1) is 11.2. The lowest BCUT2D eigenvalue weighted by Gasteiger charge is -2.24. The molecule has 0 aliphatic carbocycles. The number of aromatic nitrogens is 2. The highest BCUT2D eigenvalue weighted by Crippen LogP contribution is 2.20. The van der Waals surface area contributed by atoms with Gasteiger partial charge in [-0.25, -0.2) is 14.4 Å². The minimum atomic E-state index is -0.244. The summed E-state index contributed by atoms with van der Waals surface area (Å²) in [5, 5.41) is 6.90. The zero-order chi connectivity index (χ0) is 16.1. The van der Waals surface area contributed by atoms with Crippen LogP contribution >= 0.6 is 0 Å². The molecule has 23 heavy (non-hydrogen) atoms. The summed E-state index contributed by atoms with van der Waals surface area (Å²) in [6.07, 6.45) is 4.14. The third-order valence-corrected chi connectivity index (χ3v) is 4.08. The molecule has 0 radical (unpaired) electrons. The van der Waals surface area contributed by atoms with Gasteiger partial charge in [0.1, 0.15) is 11.6 Å². The molecule has 3 rings (SSSR count). The van der Waals surface area contributed by atoms with E-state index in [0.717, 1.165) is 55.8 Å². The van der Waals surface area contributed by atoms with Crippen LogP contribution in [0.1, 0.15) is 31.9 Å². The third-order valence-electron chi connectivity index (χ3n) is 4.08. The van der Waals surface area contributed by atoms with E-state index in [1.807, 2.05) is 6.07 Å². The Morgan fingerprint density at radius 1 is 1.17 bits per heavy atom. The maximum Gasteiger partial charge on any atom is 0.161 e. The van der Waals surface area contributed by atoms with E-state index in [1.54, 1.807) is 12.1 Å². The fourth-order valence-electron chi connectivity index (χ4n) is 2.86. The van der Waals surface area contributed by atoms with Crippen LogP contribution in [-0.2, 0) is 6.42 Å². The van der Waals surface area contributed by atoms with Crippen molar-refractivity contribution < 1.29 is 4.39 Å².